The lowest BCUT2D eigenvalue weighted by Crippen LogP contribution is -2.34. The zero-order chi connectivity index (χ0) is 8.16. The van der Waals surface area contributed by atoms with Gasteiger partial charge in [-0.3, -0.25) is 0 Å². The summed E-state index contributed by atoms with van der Waals surface area (Å²) in [5.41, 5.74) is 0.468. The first-order chi connectivity index (χ1) is 5.27. The lowest BCUT2D eigenvalue weighted by Gasteiger charge is -2.33. The van der Waals surface area contributed by atoms with Gasteiger partial charge in [0.25, 0.3) is 0 Å². The lowest BCUT2D eigenvalue weighted by atomic mass is 9.77. The van der Waals surface area contributed by atoms with E-state index in [0.717, 1.165) is 25.9 Å². The van der Waals surface area contributed by atoms with E-state index in [-0.39, 0.29) is 6.61 Å². The van der Waals surface area contributed by atoms with E-state index in [1.807, 2.05) is 0 Å². The van der Waals surface area contributed by atoms with E-state index in [1.54, 1.807) is 0 Å². The molecular formula is C9H18NO. The average Bonchev–Trinajstić information content (AvgIpc) is 2.03. The van der Waals surface area contributed by atoms with Gasteiger partial charge in [-0.1, -0.05) is 6.92 Å². The number of hydrogen-bond donors (Lipinski definition) is 1. The molecule has 0 spiro atoms. The molecule has 1 fully saturated rings. The van der Waals surface area contributed by atoms with E-state index < -0.39 is 0 Å². The topological polar surface area (TPSA) is 31.9 Å². The van der Waals surface area contributed by atoms with E-state index in [9.17, 15) is 5.11 Å². The van der Waals surface area contributed by atoms with Gasteiger partial charge in [0.15, 0.2) is 0 Å². The Morgan fingerprint density at radius 3 is 2.55 bits per heavy atom. The summed E-state index contributed by atoms with van der Waals surface area (Å²) in [6.45, 7) is 4.68. The van der Waals surface area contributed by atoms with E-state index in [2.05, 4.69) is 12.2 Å². The van der Waals surface area contributed by atoms with E-state index in [0.29, 0.717) is 5.41 Å². The normalized spacial score (nSPS) is 23.5. The molecule has 0 aromatic carbocycles. The summed E-state index contributed by atoms with van der Waals surface area (Å²) in [5.74, 6) is 0. The maximum absolute atomic E-state index is 10.3. The molecule has 0 unspecified atom stereocenters. The van der Waals surface area contributed by atoms with Crippen LogP contribution in [0.25, 0.3) is 0 Å². The van der Waals surface area contributed by atoms with Crippen LogP contribution in [0.5, 0.6) is 0 Å². The largest absolute Gasteiger partial charge is 0.317 e. The molecular weight excluding hydrogens is 138 g/mol. The third-order valence-corrected chi connectivity index (χ3v) is 2.74. The van der Waals surface area contributed by atoms with Crippen molar-refractivity contribution in [3.05, 3.63) is 0 Å². The summed E-state index contributed by atoms with van der Waals surface area (Å²) in [4.78, 5) is 0. The third kappa shape index (κ3) is 2.80. The second-order valence-corrected chi connectivity index (χ2v) is 3.87. The Hall–Kier alpha value is -0.0800. The maximum atomic E-state index is 10.3. The summed E-state index contributed by atoms with van der Waals surface area (Å²) >= 11 is 0. The number of rotatable bonds is 3. The van der Waals surface area contributed by atoms with Crippen molar-refractivity contribution in [2.45, 2.75) is 32.6 Å². The second kappa shape index (κ2) is 4.07. The monoisotopic (exact) mass is 156 g/mol. The highest BCUT2D eigenvalue weighted by Gasteiger charge is 2.25. The van der Waals surface area contributed by atoms with Gasteiger partial charge in [0.1, 0.15) is 0 Å². The highest BCUT2D eigenvalue weighted by atomic mass is 16.2. The third-order valence-electron chi connectivity index (χ3n) is 2.74. The molecule has 1 radical (unpaired) electrons. The van der Waals surface area contributed by atoms with Gasteiger partial charge in [-0.05, 0) is 44.2 Å². The Balaban J connectivity index is 2.25. The molecule has 2 heteroatoms. The van der Waals surface area contributed by atoms with Crippen LogP contribution in [0.15, 0.2) is 0 Å². The zero-order valence-electron chi connectivity index (χ0n) is 7.36. The fourth-order valence-corrected chi connectivity index (χ4v) is 1.78. The summed E-state index contributed by atoms with van der Waals surface area (Å²) < 4.78 is 0. The minimum Gasteiger partial charge on any atom is -0.317 e. The molecule has 0 aromatic heterocycles. The molecule has 1 heterocycles. The SMILES string of the molecule is CC1(CCC[O])CCNCC1. The fourth-order valence-electron chi connectivity index (χ4n) is 1.78. The van der Waals surface area contributed by atoms with Crippen LogP contribution in [0, 0.1) is 5.41 Å². The second-order valence-electron chi connectivity index (χ2n) is 3.87. The molecule has 1 aliphatic heterocycles. The maximum Gasteiger partial charge on any atom is 0.0822 e. The first-order valence-electron chi connectivity index (χ1n) is 4.56. The number of nitrogens with one attached hydrogen (secondary N) is 1. The van der Waals surface area contributed by atoms with Crippen LogP contribution < -0.4 is 5.32 Å². The highest BCUT2D eigenvalue weighted by Crippen LogP contribution is 2.32. The van der Waals surface area contributed by atoms with Crippen molar-refractivity contribution < 1.29 is 5.11 Å². The predicted molar refractivity (Wildman–Crippen MR) is 45.0 cm³/mol. The Kier molecular flexibility index (Phi) is 3.34. The number of piperidine rings is 1. The van der Waals surface area contributed by atoms with Crippen LogP contribution in [0.1, 0.15) is 32.6 Å². The Morgan fingerprint density at radius 1 is 1.36 bits per heavy atom. The summed E-state index contributed by atoms with van der Waals surface area (Å²) in [6.07, 6.45) is 4.47. The Bertz CT molecular complexity index is 108. The first kappa shape index (κ1) is 9.01. The quantitative estimate of drug-likeness (QED) is 0.661. The smallest absolute Gasteiger partial charge is 0.0822 e. The van der Waals surface area contributed by atoms with Gasteiger partial charge in [-0.25, -0.2) is 5.11 Å². The Morgan fingerprint density at radius 2 is 2.00 bits per heavy atom. The average molecular weight is 156 g/mol. The van der Waals surface area contributed by atoms with E-state index >= 15 is 0 Å². The van der Waals surface area contributed by atoms with Crippen LogP contribution in [-0.4, -0.2) is 19.7 Å². The van der Waals surface area contributed by atoms with Gasteiger partial charge in [-0.15, -0.1) is 0 Å². The van der Waals surface area contributed by atoms with E-state index in [1.165, 1.54) is 12.8 Å². The first-order valence-corrected chi connectivity index (χ1v) is 4.56. The minimum absolute atomic E-state index is 0.100. The lowest BCUT2D eigenvalue weighted by molar-refractivity contribution is 0.146. The van der Waals surface area contributed by atoms with Crippen molar-refractivity contribution in [3.63, 3.8) is 0 Å². The van der Waals surface area contributed by atoms with Gasteiger partial charge < -0.3 is 5.32 Å². The molecule has 65 valence electrons. The van der Waals surface area contributed by atoms with Crippen LogP contribution in [0.3, 0.4) is 0 Å². The predicted octanol–water partition coefficient (Wildman–Crippen LogP) is 1.59. The van der Waals surface area contributed by atoms with Crippen molar-refractivity contribution in [3.8, 4) is 0 Å². The standard InChI is InChI=1S/C9H18NO/c1-9(3-2-8-11)4-6-10-7-5-9/h10H,2-8H2,1H3. The summed E-state index contributed by atoms with van der Waals surface area (Å²) in [5, 5.41) is 13.6. The van der Waals surface area contributed by atoms with Crippen molar-refractivity contribution in [1.82, 2.24) is 5.32 Å². The van der Waals surface area contributed by atoms with E-state index in [4.69, 9.17) is 0 Å². The van der Waals surface area contributed by atoms with Crippen molar-refractivity contribution >= 4 is 0 Å². The molecule has 1 N–H and O–H groups in total. The minimum atomic E-state index is 0.100. The van der Waals surface area contributed by atoms with Crippen molar-refractivity contribution in [2.24, 2.45) is 5.41 Å². The molecule has 2 nitrogen and oxygen atoms in total. The molecule has 0 amide bonds. The van der Waals surface area contributed by atoms with Gasteiger partial charge in [0.05, 0.1) is 6.61 Å². The van der Waals surface area contributed by atoms with Gasteiger partial charge in [-0.2, -0.15) is 0 Å². The van der Waals surface area contributed by atoms with Gasteiger partial charge in [0, 0.05) is 0 Å². The van der Waals surface area contributed by atoms with Crippen molar-refractivity contribution in [2.75, 3.05) is 19.7 Å². The number of hydrogen-bond acceptors (Lipinski definition) is 1. The van der Waals surface area contributed by atoms with Crippen LogP contribution in [0.2, 0.25) is 0 Å². The molecule has 0 atom stereocenters. The van der Waals surface area contributed by atoms with Gasteiger partial charge >= 0.3 is 0 Å². The zero-order valence-corrected chi connectivity index (χ0v) is 7.36. The van der Waals surface area contributed by atoms with Crippen LogP contribution >= 0.6 is 0 Å². The fraction of sp³-hybridized carbons (Fsp3) is 1.00. The molecule has 11 heavy (non-hydrogen) atoms. The molecule has 1 rings (SSSR count). The van der Waals surface area contributed by atoms with Crippen LogP contribution in [0.4, 0.5) is 0 Å². The molecule has 1 saturated heterocycles. The summed E-state index contributed by atoms with van der Waals surface area (Å²) in [7, 11) is 0. The van der Waals surface area contributed by atoms with Crippen molar-refractivity contribution in [1.29, 1.82) is 0 Å². The molecule has 1 aliphatic rings. The molecule has 0 bridgehead atoms. The molecule has 0 aliphatic carbocycles. The van der Waals surface area contributed by atoms with Gasteiger partial charge in [0.2, 0.25) is 0 Å². The Labute approximate surface area is 69.0 Å². The molecule has 0 saturated carbocycles. The van der Waals surface area contributed by atoms with Crippen LogP contribution in [-0.2, 0) is 5.11 Å². The molecule has 0 aromatic rings. The summed E-state index contributed by atoms with van der Waals surface area (Å²) in [6, 6.07) is 0. The highest BCUT2D eigenvalue weighted by molar-refractivity contribution is 4.79.